The predicted octanol–water partition coefficient (Wildman–Crippen LogP) is 2.35. The quantitative estimate of drug-likeness (QED) is 0.802. The number of esters is 1. The van der Waals surface area contributed by atoms with Crippen molar-refractivity contribution in [2.24, 2.45) is 0 Å². The van der Waals surface area contributed by atoms with Crippen LogP contribution < -0.4 is 4.90 Å². The zero-order chi connectivity index (χ0) is 16.7. The van der Waals surface area contributed by atoms with Crippen LogP contribution in [0.25, 0.3) is 10.8 Å². The molecule has 124 valence electrons. The molecule has 0 spiro atoms. The van der Waals surface area contributed by atoms with Crippen LogP contribution in [0.4, 0.5) is 5.69 Å². The molecule has 1 atom stereocenters. The second-order valence-electron chi connectivity index (χ2n) is 6.02. The molecule has 1 saturated heterocycles. The summed E-state index contributed by atoms with van der Waals surface area (Å²) < 4.78 is 4.86. The molecule has 0 aliphatic carbocycles. The van der Waals surface area contributed by atoms with E-state index in [0.29, 0.717) is 13.2 Å². The summed E-state index contributed by atoms with van der Waals surface area (Å²) in [6.07, 6.45) is 0. The Morgan fingerprint density at radius 3 is 2.88 bits per heavy atom. The van der Waals surface area contributed by atoms with E-state index >= 15 is 0 Å². The molecular formula is C18H18N2O3S. The second kappa shape index (κ2) is 6.11. The summed E-state index contributed by atoms with van der Waals surface area (Å²) in [5.74, 6) is 0.705. The molecule has 0 N–H and O–H groups in total. The van der Waals surface area contributed by atoms with Crippen molar-refractivity contribution in [3.05, 3.63) is 42.0 Å². The maximum Gasteiger partial charge on any atom is 0.320 e. The van der Waals surface area contributed by atoms with Crippen LogP contribution in [0.2, 0.25) is 0 Å². The summed E-state index contributed by atoms with van der Waals surface area (Å²) >= 11 is 1.62. The van der Waals surface area contributed by atoms with Crippen molar-refractivity contribution in [1.82, 2.24) is 4.90 Å². The highest BCUT2D eigenvalue weighted by Gasteiger charge is 2.33. The van der Waals surface area contributed by atoms with E-state index in [1.54, 1.807) is 11.8 Å². The number of amides is 1. The lowest BCUT2D eigenvalue weighted by Crippen LogP contribution is -2.47. The molecule has 1 amide bonds. The first-order valence-corrected chi connectivity index (χ1v) is 8.99. The third-order valence-electron chi connectivity index (χ3n) is 4.61. The molecule has 0 aromatic heterocycles. The molecule has 4 rings (SSSR count). The molecule has 2 heterocycles. The van der Waals surface area contributed by atoms with Crippen molar-refractivity contribution in [3.63, 3.8) is 0 Å². The third kappa shape index (κ3) is 2.46. The van der Waals surface area contributed by atoms with Crippen molar-refractivity contribution >= 4 is 40.1 Å². The number of carbonyl (C=O) groups is 2. The van der Waals surface area contributed by atoms with Gasteiger partial charge in [-0.15, -0.1) is 11.8 Å². The van der Waals surface area contributed by atoms with Crippen molar-refractivity contribution in [1.29, 1.82) is 0 Å². The van der Waals surface area contributed by atoms with E-state index in [9.17, 15) is 9.59 Å². The van der Waals surface area contributed by atoms with Crippen LogP contribution in [0.15, 0.2) is 36.4 Å². The summed E-state index contributed by atoms with van der Waals surface area (Å²) in [6, 6.07) is 11.8. The first kappa shape index (κ1) is 15.5. The number of nitrogens with zero attached hydrogens (tertiary/aromatic N) is 2. The third-order valence-corrected chi connectivity index (χ3v) is 5.77. The summed E-state index contributed by atoms with van der Waals surface area (Å²) in [7, 11) is 1.42. The summed E-state index contributed by atoms with van der Waals surface area (Å²) in [4.78, 5) is 28.6. The van der Waals surface area contributed by atoms with Gasteiger partial charge in [0, 0.05) is 29.8 Å². The molecule has 0 radical (unpaired) electrons. The van der Waals surface area contributed by atoms with Crippen molar-refractivity contribution in [2.75, 3.05) is 37.5 Å². The Kier molecular flexibility index (Phi) is 3.94. The fraction of sp³-hybridized carbons (Fsp3) is 0.333. The lowest BCUT2D eigenvalue weighted by Gasteiger charge is -2.33. The minimum atomic E-state index is -0.192. The van der Waals surface area contributed by atoms with Gasteiger partial charge in [-0.2, -0.15) is 0 Å². The number of hydrogen-bond acceptors (Lipinski definition) is 5. The maximum absolute atomic E-state index is 12.8. The number of carbonyl (C=O) groups excluding carboxylic acids is 2. The minimum Gasteiger partial charge on any atom is -0.468 e. The van der Waals surface area contributed by atoms with E-state index in [4.69, 9.17) is 4.74 Å². The largest absolute Gasteiger partial charge is 0.468 e. The SMILES string of the molecule is COC(=O)[C@H]1CN(CN2C(=O)c3cccc4cccc2c34)CCS1. The number of ether oxygens (including phenoxy) is 1. The highest BCUT2D eigenvalue weighted by atomic mass is 32.2. The van der Waals surface area contributed by atoms with Crippen LogP contribution in [0, 0.1) is 0 Å². The van der Waals surface area contributed by atoms with Crippen LogP contribution in [0.3, 0.4) is 0 Å². The van der Waals surface area contributed by atoms with Gasteiger partial charge in [0.2, 0.25) is 0 Å². The van der Waals surface area contributed by atoms with Gasteiger partial charge in [-0.25, -0.2) is 0 Å². The number of anilines is 1. The van der Waals surface area contributed by atoms with Crippen LogP contribution in [-0.2, 0) is 9.53 Å². The monoisotopic (exact) mass is 342 g/mol. The van der Waals surface area contributed by atoms with Crippen LogP contribution in [-0.4, -0.2) is 54.6 Å². The summed E-state index contributed by atoms with van der Waals surface area (Å²) in [6.45, 7) is 1.96. The van der Waals surface area contributed by atoms with Gasteiger partial charge in [-0.05, 0) is 17.5 Å². The molecule has 5 nitrogen and oxygen atoms in total. The average molecular weight is 342 g/mol. The molecule has 24 heavy (non-hydrogen) atoms. The molecule has 2 aromatic rings. The van der Waals surface area contributed by atoms with Crippen LogP contribution in [0.1, 0.15) is 10.4 Å². The van der Waals surface area contributed by atoms with E-state index in [-0.39, 0.29) is 17.1 Å². The normalized spacial score (nSPS) is 20.6. The average Bonchev–Trinajstić information content (AvgIpc) is 2.89. The highest BCUT2D eigenvalue weighted by Crippen LogP contribution is 2.37. The van der Waals surface area contributed by atoms with E-state index in [0.717, 1.165) is 34.3 Å². The first-order chi connectivity index (χ1) is 11.7. The van der Waals surface area contributed by atoms with Crippen molar-refractivity contribution in [3.8, 4) is 0 Å². The highest BCUT2D eigenvalue weighted by molar-refractivity contribution is 8.00. The molecule has 0 bridgehead atoms. The molecular weight excluding hydrogens is 324 g/mol. The van der Waals surface area contributed by atoms with Gasteiger partial charge in [0.15, 0.2) is 0 Å². The Morgan fingerprint density at radius 1 is 1.29 bits per heavy atom. The summed E-state index contributed by atoms with van der Waals surface area (Å²) in [5, 5.41) is 1.93. The maximum atomic E-state index is 12.8. The fourth-order valence-electron chi connectivity index (χ4n) is 3.42. The lowest BCUT2D eigenvalue weighted by atomic mass is 10.1. The fourth-order valence-corrected chi connectivity index (χ4v) is 4.62. The van der Waals surface area contributed by atoms with Crippen LogP contribution in [0.5, 0.6) is 0 Å². The molecule has 1 fully saturated rings. The molecule has 2 aliphatic rings. The molecule has 6 heteroatoms. The predicted molar refractivity (Wildman–Crippen MR) is 95.5 cm³/mol. The van der Waals surface area contributed by atoms with E-state index in [1.807, 2.05) is 41.3 Å². The molecule has 0 saturated carbocycles. The van der Waals surface area contributed by atoms with E-state index in [1.165, 1.54) is 7.11 Å². The van der Waals surface area contributed by atoms with Crippen molar-refractivity contribution < 1.29 is 14.3 Å². The Balaban J connectivity index is 1.59. The lowest BCUT2D eigenvalue weighted by molar-refractivity contribution is -0.140. The molecule has 2 aliphatic heterocycles. The Morgan fingerprint density at radius 2 is 2.08 bits per heavy atom. The second-order valence-corrected chi connectivity index (χ2v) is 7.33. The van der Waals surface area contributed by atoms with E-state index < -0.39 is 0 Å². The Bertz CT molecular complexity index is 818. The number of benzene rings is 2. The van der Waals surface area contributed by atoms with E-state index in [2.05, 4.69) is 4.90 Å². The summed E-state index contributed by atoms with van der Waals surface area (Å²) in [5.41, 5.74) is 1.72. The first-order valence-electron chi connectivity index (χ1n) is 7.94. The Labute approximate surface area is 144 Å². The van der Waals surface area contributed by atoms with Gasteiger partial charge >= 0.3 is 5.97 Å². The standard InChI is InChI=1S/C18H18N2O3S/c1-23-18(22)15-10-19(8-9-24-15)11-20-14-7-3-5-12-4-2-6-13(16(12)14)17(20)21/h2-7,15H,8-11H2,1H3/t15-/m1/s1. The Hall–Kier alpha value is -2.05. The zero-order valence-electron chi connectivity index (χ0n) is 13.4. The topological polar surface area (TPSA) is 49.9 Å². The van der Waals surface area contributed by atoms with Gasteiger partial charge < -0.3 is 4.74 Å². The van der Waals surface area contributed by atoms with Crippen LogP contribution >= 0.6 is 11.8 Å². The van der Waals surface area contributed by atoms with Gasteiger partial charge in [0.05, 0.1) is 19.5 Å². The zero-order valence-corrected chi connectivity index (χ0v) is 14.2. The number of rotatable bonds is 3. The van der Waals surface area contributed by atoms with Gasteiger partial charge in [0.1, 0.15) is 5.25 Å². The van der Waals surface area contributed by atoms with Gasteiger partial charge in [-0.1, -0.05) is 24.3 Å². The minimum absolute atomic E-state index is 0.0367. The molecule has 0 unspecified atom stereocenters. The number of thioether (sulfide) groups is 1. The smallest absolute Gasteiger partial charge is 0.320 e. The van der Waals surface area contributed by atoms with Gasteiger partial charge in [-0.3, -0.25) is 19.4 Å². The van der Waals surface area contributed by atoms with Crippen molar-refractivity contribution in [2.45, 2.75) is 5.25 Å². The van der Waals surface area contributed by atoms with Gasteiger partial charge in [0.25, 0.3) is 5.91 Å². The number of methoxy groups -OCH3 is 1. The molecule has 2 aromatic carbocycles. The number of hydrogen-bond donors (Lipinski definition) is 0.